The van der Waals surface area contributed by atoms with Crippen LogP contribution in [0.15, 0.2) is 30.3 Å². The van der Waals surface area contributed by atoms with Gasteiger partial charge in [-0.3, -0.25) is 9.59 Å². The van der Waals surface area contributed by atoms with Crippen molar-refractivity contribution >= 4 is 29.7 Å². The van der Waals surface area contributed by atoms with Crippen LogP contribution in [0.4, 0.5) is 5.69 Å². The zero-order valence-corrected chi connectivity index (χ0v) is 12.3. The van der Waals surface area contributed by atoms with E-state index in [1.807, 2.05) is 0 Å². The summed E-state index contributed by atoms with van der Waals surface area (Å²) >= 11 is 0. The summed E-state index contributed by atoms with van der Waals surface area (Å²) in [5.41, 5.74) is 1.20. The minimum Gasteiger partial charge on any atom is -0.478 e. The number of carbonyl (C=O) groups is 3. The Morgan fingerprint density at radius 3 is 2.23 bits per heavy atom. The molecule has 0 aliphatic heterocycles. The Morgan fingerprint density at radius 1 is 1.14 bits per heavy atom. The largest absolute Gasteiger partial charge is 0.478 e. The van der Waals surface area contributed by atoms with Gasteiger partial charge in [0, 0.05) is 11.8 Å². The van der Waals surface area contributed by atoms with E-state index in [9.17, 15) is 14.4 Å². The third-order valence-electron chi connectivity index (χ3n) is 2.75. The number of esters is 2. The van der Waals surface area contributed by atoms with Crippen LogP contribution in [-0.4, -0.2) is 50.3 Å². The number of methoxy groups -OCH3 is 2. The maximum atomic E-state index is 11.5. The lowest BCUT2D eigenvalue weighted by molar-refractivity contribution is -0.140. The number of rotatable bonds is 7. The smallest absolute Gasteiger partial charge is 0.328 e. The summed E-state index contributed by atoms with van der Waals surface area (Å²) in [5.74, 6) is -2.07. The van der Waals surface area contributed by atoms with E-state index in [1.54, 1.807) is 24.3 Å². The van der Waals surface area contributed by atoms with Crippen LogP contribution >= 0.6 is 0 Å². The highest BCUT2D eigenvalue weighted by molar-refractivity contribution is 5.86. The Labute approximate surface area is 127 Å². The zero-order valence-electron chi connectivity index (χ0n) is 12.3. The second kappa shape index (κ2) is 8.46. The number of hydrogen-bond donors (Lipinski definition) is 1. The molecule has 0 bridgehead atoms. The number of carboxylic acid groups (broad SMARTS) is 1. The summed E-state index contributed by atoms with van der Waals surface area (Å²) in [6.45, 7) is -0.255. The number of carboxylic acids is 1. The van der Waals surface area contributed by atoms with Crippen LogP contribution in [0, 0.1) is 0 Å². The van der Waals surface area contributed by atoms with Gasteiger partial charge in [0.25, 0.3) is 0 Å². The zero-order chi connectivity index (χ0) is 16.5. The summed E-state index contributed by atoms with van der Waals surface area (Å²) in [5, 5.41) is 8.64. The van der Waals surface area contributed by atoms with Crippen molar-refractivity contribution in [1.82, 2.24) is 0 Å². The number of hydrogen-bond acceptors (Lipinski definition) is 6. The van der Waals surface area contributed by atoms with Crippen molar-refractivity contribution in [3.05, 3.63) is 35.9 Å². The Balaban J connectivity index is 3.02. The molecule has 0 unspecified atom stereocenters. The van der Waals surface area contributed by atoms with Crippen LogP contribution in [0.1, 0.15) is 5.56 Å². The Hall–Kier alpha value is -2.83. The molecule has 1 rings (SSSR count). The molecule has 0 spiro atoms. The number of nitrogens with zero attached hydrogens (tertiary/aromatic N) is 1. The van der Waals surface area contributed by atoms with Crippen molar-refractivity contribution < 1.29 is 29.0 Å². The first-order valence-corrected chi connectivity index (χ1v) is 6.36. The molecule has 0 aliphatic carbocycles. The van der Waals surface area contributed by atoms with Gasteiger partial charge in [-0.1, -0.05) is 12.1 Å². The number of benzene rings is 1. The second-order valence-corrected chi connectivity index (χ2v) is 4.27. The van der Waals surface area contributed by atoms with Gasteiger partial charge in [0.05, 0.1) is 14.2 Å². The van der Waals surface area contributed by atoms with Crippen molar-refractivity contribution in [1.29, 1.82) is 0 Å². The molecular weight excluding hydrogens is 290 g/mol. The number of ether oxygens (including phenoxy) is 2. The Morgan fingerprint density at radius 2 is 1.73 bits per heavy atom. The SMILES string of the molecule is COC(=O)CN(CC(=O)OC)c1cccc(C=CC(=O)O)c1. The highest BCUT2D eigenvalue weighted by Crippen LogP contribution is 2.17. The molecule has 0 atom stereocenters. The molecule has 1 aromatic rings. The summed E-state index contributed by atoms with van der Waals surface area (Å²) in [6.07, 6.45) is 2.42. The third-order valence-corrected chi connectivity index (χ3v) is 2.75. The standard InChI is InChI=1S/C15H17NO6/c1-21-14(19)9-16(10-15(20)22-2)12-5-3-4-11(8-12)6-7-13(17)18/h3-8H,9-10H2,1-2H3,(H,17,18). The topological polar surface area (TPSA) is 93.1 Å². The molecule has 7 nitrogen and oxygen atoms in total. The number of carbonyl (C=O) groups excluding carboxylic acids is 2. The lowest BCUT2D eigenvalue weighted by Gasteiger charge is -2.22. The fourth-order valence-electron chi connectivity index (χ4n) is 1.67. The van der Waals surface area contributed by atoms with Crippen LogP contribution in [0.25, 0.3) is 6.08 Å². The molecule has 0 radical (unpaired) electrons. The molecule has 118 valence electrons. The van der Waals surface area contributed by atoms with Gasteiger partial charge in [0.1, 0.15) is 13.1 Å². The van der Waals surface area contributed by atoms with Crippen LogP contribution in [0.3, 0.4) is 0 Å². The van der Waals surface area contributed by atoms with Gasteiger partial charge in [0.2, 0.25) is 0 Å². The first kappa shape index (κ1) is 17.2. The first-order valence-electron chi connectivity index (χ1n) is 6.36. The van der Waals surface area contributed by atoms with E-state index in [0.29, 0.717) is 11.3 Å². The summed E-state index contributed by atoms with van der Waals surface area (Å²) in [4.78, 5) is 34.9. The van der Waals surface area contributed by atoms with Crippen molar-refractivity contribution in [2.24, 2.45) is 0 Å². The summed E-state index contributed by atoms with van der Waals surface area (Å²) in [7, 11) is 2.51. The van der Waals surface area contributed by atoms with Crippen molar-refractivity contribution in [2.75, 3.05) is 32.2 Å². The van der Waals surface area contributed by atoms with Crippen molar-refractivity contribution in [3.63, 3.8) is 0 Å². The van der Waals surface area contributed by atoms with E-state index in [0.717, 1.165) is 6.08 Å². The first-order chi connectivity index (χ1) is 10.5. The van der Waals surface area contributed by atoms with Gasteiger partial charge < -0.3 is 19.5 Å². The van der Waals surface area contributed by atoms with E-state index in [-0.39, 0.29) is 13.1 Å². The molecule has 1 aromatic carbocycles. The van der Waals surface area contributed by atoms with Crippen molar-refractivity contribution in [3.8, 4) is 0 Å². The van der Waals surface area contributed by atoms with Gasteiger partial charge in [0.15, 0.2) is 0 Å². The third kappa shape index (κ3) is 5.66. The molecule has 0 aromatic heterocycles. The summed E-state index contributed by atoms with van der Waals surface area (Å²) < 4.78 is 9.20. The van der Waals surface area contributed by atoms with Crippen molar-refractivity contribution in [2.45, 2.75) is 0 Å². The quantitative estimate of drug-likeness (QED) is 0.592. The molecular formula is C15H17NO6. The van der Waals surface area contributed by atoms with Gasteiger partial charge in [-0.25, -0.2) is 4.79 Å². The number of anilines is 1. The molecule has 0 heterocycles. The van der Waals surface area contributed by atoms with E-state index in [4.69, 9.17) is 5.11 Å². The molecule has 22 heavy (non-hydrogen) atoms. The minimum atomic E-state index is -1.06. The minimum absolute atomic E-state index is 0.127. The molecule has 0 saturated carbocycles. The Kier molecular flexibility index (Phi) is 6.62. The molecule has 1 N–H and O–H groups in total. The van der Waals surface area contributed by atoms with E-state index in [1.165, 1.54) is 25.2 Å². The van der Waals surface area contributed by atoms with E-state index < -0.39 is 17.9 Å². The molecule has 0 amide bonds. The highest BCUT2D eigenvalue weighted by Gasteiger charge is 2.16. The maximum Gasteiger partial charge on any atom is 0.328 e. The monoisotopic (exact) mass is 307 g/mol. The van der Waals surface area contributed by atoms with E-state index >= 15 is 0 Å². The van der Waals surface area contributed by atoms with Gasteiger partial charge in [-0.2, -0.15) is 0 Å². The van der Waals surface area contributed by atoms with Gasteiger partial charge >= 0.3 is 17.9 Å². The normalized spacial score (nSPS) is 10.3. The van der Waals surface area contributed by atoms with Gasteiger partial charge in [-0.05, 0) is 23.8 Å². The number of aliphatic carboxylic acids is 1. The molecule has 0 saturated heterocycles. The molecule has 7 heteroatoms. The molecule has 0 aliphatic rings. The fourth-order valence-corrected chi connectivity index (χ4v) is 1.67. The lowest BCUT2D eigenvalue weighted by Crippen LogP contribution is -2.35. The highest BCUT2D eigenvalue weighted by atomic mass is 16.5. The van der Waals surface area contributed by atoms with E-state index in [2.05, 4.69) is 9.47 Å². The predicted molar refractivity (Wildman–Crippen MR) is 79.4 cm³/mol. The summed E-state index contributed by atoms with van der Waals surface area (Å²) in [6, 6.07) is 6.76. The van der Waals surface area contributed by atoms with Crippen LogP contribution in [0.5, 0.6) is 0 Å². The molecule has 0 fully saturated rings. The fraction of sp³-hybridized carbons (Fsp3) is 0.267. The van der Waals surface area contributed by atoms with Gasteiger partial charge in [-0.15, -0.1) is 0 Å². The maximum absolute atomic E-state index is 11.5. The Bertz CT molecular complexity index is 563. The van der Waals surface area contributed by atoms with Crippen LogP contribution in [-0.2, 0) is 23.9 Å². The van der Waals surface area contributed by atoms with Crippen LogP contribution in [0.2, 0.25) is 0 Å². The average Bonchev–Trinajstić information content (AvgIpc) is 2.52. The predicted octanol–water partition coefficient (Wildman–Crippen LogP) is 0.937. The lowest BCUT2D eigenvalue weighted by atomic mass is 10.1. The average molecular weight is 307 g/mol. The van der Waals surface area contributed by atoms with Crippen LogP contribution < -0.4 is 4.90 Å². The second-order valence-electron chi connectivity index (χ2n) is 4.27.